The highest BCUT2D eigenvalue weighted by atomic mass is 32.2. The van der Waals surface area contributed by atoms with Gasteiger partial charge in [0.15, 0.2) is 0 Å². The number of hydrogen-bond acceptors (Lipinski definition) is 5. The van der Waals surface area contributed by atoms with Crippen LogP contribution in [0.1, 0.15) is 18.4 Å². The Hall–Kier alpha value is -0.730. The molecule has 0 aliphatic heterocycles. The molecule has 0 aromatic carbocycles. The average molecular weight is 330 g/mol. The zero-order valence-electron chi connectivity index (χ0n) is 12.2. The fourth-order valence-corrected chi connectivity index (χ4v) is 4.66. The van der Waals surface area contributed by atoms with E-state index in [1.54, 1.807) is 19.3 Å². The van der Waals surface area contributed by atoms with E-state index in [9.17, 15) is 8.42 Å². The summed E-state index contributed by atoms with van der Waals surface area (Å²) in [7, 11) is -1.90. The van der Waals surface area contributed by atoms with E-state index in [0.29, 0.717) is 29.9 Å². The molecule has 118 valence electrons. The van der Waals surface area contributed by atoms with E-state index in [-0.39, 0.29) is 0 Å². The van der Waals surface area contributed by atoms with E-state index in [1.807, 2.05) is 5.38 Å². The Bertz CT molecular complexity index is 565. The Balaban J connectivity index is 2.06. The largest absolute Gasteiger partial charge is 0.383 e. The minimum Gasteiger partial charge on any atom is -0.383 e. The maximum absolute atomic E-state index is 12.6. The van der Waals surface area contributed by atoms with Gasteiger partial charge in [0.05, 0.1) is 6.61 Å². The minimum absolute atomic E-state index is 0.291. The lowest BCUT2D eigenvalue weighted by atomic mass is 10.3. The van der Waals surface area contributed by atoms with Gasteiger partial charge in [-0.05, 0) is 29.9 Å². The van der Waals surface area contributed by atoms with Crippen LogP contribution >= 0.6 is 11.3 Å². The van der Waals surface area contributed by atoms with Crippen LogP contribution in [0.15, 0.2) is 28.3 Å². The summed E-state index contributed by atoms with van der Waals surface area (Å²) in [6, 6.07) is 2.38. The number of methoxy groups -OCH3 is 1. The molecule has 1 aromatic rings. The lowest BCUT2D eigenvalue weighted by Crippen LogP contribution is -2.33. The van der Waals surface area contributed by atoms with Gasteiger partial charge < -0.3 is 10.1 Å². The summed E-state index contributed by atoms with van der Waals surface area (Å²) in [6.45, 7) is 5.35. The van der Waals surface area contributed by atoms with Crippen LogP contribution in [0.4, 0.5) is 0 Å². The van der Waals surface area contributed by atoms with Crippen LogP contribution in [0.25, 0.3) is 0 Å². The first kappa shape index (κ1) is 16.6. The smallest absolute Gasteiger partial charge is 0.252 e. The molecule has 21 heavy (non-hydrogen) atoms. The van der Waals surface area contributed by atoms with Crippen LogP contribution in [0.2, 0.25) is 0 Å². The second-order valence-corrected chi connectivity index (χ2v) is 8.15. The number of sulfonamides is 1. The van der Waals surface area contributed by atoms with Crippen molar-refractivity contribution in [1.29, 1.82) is 0 Å². The summed E-state index contributed by atoms with van der Waals surface area (Å²) < 4.78 is 32.0. The molecule has 2 rings (SSSR count). The van der Waals surface area contributed by atoms with Crippen molar-refractivity contribution < 1.29 is 13.2 Å². The highest BCUT2D eigenvalue weighted by Crippen LogP contribution is 2.25. The van der Waals surface area contributed by atoms with Gasteiger partial charge in [0.25, 0.3) is 10.0 Å². The maximum Gasteiger partial charge on any atom is 0.252 e. The van der Waals surface area contributed by atoms with Crippen molar-refractivity contribution in [1.82, 2.24) is 9.62 Å². The number of nitrogens with one attached hydrogen (secondary N) is 1. The van der Waals surface area contributed by atoms with Gasteiger partial charge in [0, 0.05) is 32.8 Å². The molecule has 0 saturated heterocycles. The van der Waals surface area contributed by atoms with Gasteiger partial charge in [0.1, 0.15) is 4.21 Å². The van der Waals surface area contributed by atoms with E-state index in [2.05, 4.69) is 11.9 Å². The molecule has 1 aliphatic carbocycles. The Morgan fingerprint density at radius 2 is 2.33 bits per heavy atom. The highest BCUT2D eigenvalue weighted by Gasteiger charge is 2.25. The maximum atomic E-state index is 12.6. The molecule has 1 saturated carbocycles. The van der Waals surface area contributed by atoms with Gasteiger partial charge >= 0.3 is 0 Å². The molecular formula is C14H22N2O3S2. The third-order valence-electron chi connectivity index (χ3n) is 3.27. The molecule has 0 unspecified atom stereocenters. The van der Waals surface area contributed by atoms with Gasteiger partial charge in [-0.3, -0.25) is 0 Å². The summed E-state index contributed by atoms with van der Waals surface area (Å²) in [6.07, 6.45) is 4.04. The normalized spacial score (nSPS) is 15.5. The van der Waals surface area contributed by atoms with Gasteiger partial charge in [-0.25, -0.2) is 8.42 Å². The molecule has 1 heterocycles. The molecule has 0 bridgehead atoms. The van der Waals surface area contributed by atoms with Crippen molar-refractivity contribution in [3.63, 3.8) is 0 Å². The van der Waals surface area contributed by atoms with E-state index in [1.165, 1.54) is 28.5 Å². The van der Waals surface area contributed by atoms with Gasteiger partial charge in [-0.15, -0.1) is 17.9 Å². The van der Waals surface area contributed by atoms with Crippen LogP contribution in [0.3, 0.4) is 0 Å². The summed E-state index contributed by atoms with van der Waals surface area (Å²) in [5, 5.41) is 5.30. The Morgan fingerprint density at radius 3 is 2.95 bits per heavy atom. The summed E-state index contributed by atoms with van der Waals surface area (Å²) >= 11 is 1.27. The monoisotopic (exact) mass is 330 g/mol. The van der Waals surface area contributed by atoms with Gasteiger partial charge in [-0.1, -0.05) is 6.08 Å². The molecule has 1 fully saturated rings. The molecule has 1 aliphatic rings. The lowest BCUT2D eigenvalue weighted by molar-refractivity contribution is 0.182. The first-order valence-electron chi connectivity index (χ1n) is 6.98. The molecule has 5 nitrogen and oxygen atoms in total. The van der Waals surface area contributed by atoms with E-state index < -0.39 is 10.0 Å². The number of nitrogens with zero attached hydrogens (tertiary/aromatic N) is 1. The molecule has 0 amide bonds. The van der Waals surface area contributed by atoms with E-state index >= 15 is 0 Å². The van der Waals surface area contributed by atoms with E-state index in [0.717, 1.165) is 12.1 Å². The summed E-state index contributed by atoms with van der Waals surface area (Å²) in [4.78, 5) is 0. The first-order chi connectivity index (χ1) is 10.1. The number of hydrogen-bond donors (Lipinski definition) is 1. The van der Waals surface area contributed by atoms with Crippen molar-refractivity contribution in [2.24, 2.45) is 0 Å². The fourth-order valence-electron chi connectivity index (χ4n) is 1.90. The predicted octanol–water partition coefficient (Wildman–Crippen LogP) is 1.82. The molecule has 1 N–H and O–H groups in total. The average Bonchev–Trinajstić information content (AvgIpc) is 3.17. The first-order valence-corrected chi connectivity index (χ1v) is 9.30. The summed E-state index contributed by atoms with van der Waals surface area (Å²) in [5.74, 6) is 0. The molecule has 0 atom stereocenters. The standard InChI is InChI=1S/C14H22N2O3S2/c1-3-6-16(7-8-19-2)21(17,18)14-9-12(11-20-14)10-15-13-4-5-13/h3,9,11,13,15H,1,4-8,10H2,2H3. The molecule has 1 aromatic heterocycles. The minimum atomic E-state index is -3.46. The SMILES string of the molecule is C=CCN(CCOC)S(=O)(=O)c1cc(CNC2CC2)cs1. The van der Waals surface area contributed by atoms with Crippen LogP contribution < -0.4 is 5.32 Å². The zero-order chi connectivity index (χ0) is 15.3. The van der Waals surface area contributed by atoms with Crippen LogP contribution in [0, 0.1) is 0 Å². The Morgan fingerprint density at radius 1 is 1.57 bits per heavy atom. The quantitative estimate of drug-likeness (QED) is 0.665. The third kappa shape index (κ3) is 4.62. The van der Waals surface area contributed by atoms with Crippen molar-refractivity contribution >= 4 is 21.4 Å². The van der Waals surface area contributed by atoms with Crippen LogP contribution in [-0.2, 0) is 21.3 Å². The Labute approximate surface area is 130 Å². The van der Waals surface area contributed by atoms with Gasteiger partial charge in [0.2, 0.25) is 0 Å². The number of ether oxygens (including phenoxy) is 1. The van der Waals surface area contributed by atoms with Crippen molar-refractivity contribution in [3.8, 4) is 0 Å². The molecule has 0 radical (unpaired) electrons. The van der Waals surface area contributed by atoms with Crippen molar-refractivity contribution in [2.75, 3.05) is 26.8 Å². The third-order valence-corrected chi connectivity index (χ3v) is 6.60. The number of thiophene rings is 1. The predicted molar refractivity (Wildman–Crippen MR) is 85.0 cm³/mol. The highest BCUT2D eigenvalue weighted by molar-refractivity contribution is 7.91. The van der Waals surface area contributed by atoms with Crippen LogP contribution in [-0.4, -0.2) is 45.6 Å². The molecular weight excluding hydrogens is 308 g/mol. The fraction of sp³-hybridized carbons (Fsp3) is 0.571. The topological polar surface area (TPSA) is 58.6 Å². The molecule has 7 heteroatoms. The van der Waals surface area contributed by atoms with Crippen molar-refractivity contribution in [3.05, 3.63) is 29.7 Å². The molecule has 0 spiro atoms. The second kappa shape index (κ2) is 7.51. The zero-order valence-corrected chi connectivity index (χ0v) is 13.9. The Kier molecular flexibility index (Phi) is 5.95. The van der Waals surface area contributed by atoms with Gasteiger partial charge in [-0.2, -0.15) is 4.31 Å². The summed E-state index contributed by atoms with van der Waals surface area (Å²) in [5.41, 5.74) is 1.02. The van der Waals surface area contributed by atoms with Crippen molar-refractivity contribution in [2.45, 2.75) is 29.6 Å². The second-order valence-electron chi connectivity index (χ2n) is 5.07. The van der Waals surface area contributed by atoms with E-state index in [4.69, 9.17) is 4.74 Å². The lowest BCUT2D eigenvalue weighted by Gasteiger charge is -2.19. The number of rotatable bonds is 10. The van der Waals surface area contributed by atoms with Crippen LogP contribution in [0.5, 0.6) is 0 Å².